The molecular formula is C13H11N3O. The topological polar surface area (TPSA) is 71.9 Å². The van der Waals surface area contributed by atoms with E-state index >= 15 is 0 Å². The molecule has 0 saturated heterocycles. The highest BCUT2D eigenvalue weighted by Gasteiger charge is 2.13. The van der Waals surface area contributed by atoms with Crippen molar-refractivity contribution in [1.82, 2.24) is 4.98 Å². The molecule has 0 fully saturated rings. The summed E-state index contributed by atoms with van der Waals surface area (Å²) in [6.45, 7) is 0. The van der Waals surface area contributed by atoms with E-state index in [1.165, 1.54) is 0 Å². The Morgan fingerprint density at radius 2 is 1.94 bits per heavy atom. The van der Waals surface area contributed by atoms with Gasteiger partial charge >= 0.3 is 0 Å². The van der Waals surface area contributed by atoms with Gasteiger partial charge in [0, 0.05) is 12.4 Å². The summed E-state index contributed by atoms with van der Waals surface area (Å²) in [5.74, 6) is 5.33. The average Bonchev–Trinajstić information content (AvgIpc) is 2.41. The van der Waals surface area contributed by atoms with Crippen LogP contribution in [0.3, 0.4) is 0 Å². The second-order valence-corrected chi connectivity index (χ2v) is 3.53. The van der Waals surface area contributed by atoms with Gasteiger partial charge < -0.3 is 0 Å². The number of nitrogens with zero attached hydrogens (tertiary/aromatic N) is 2. The van der Waals surface area contributed by atoms with Crippen molar-refractivity contribution in [3.05, 3.63) is 65.5 Å². The Bertz CT molecular complexity index is 534. The molecule has 17 heavy (non-hydrogen) atoms. The molecule has 1 aromatic heterocycles. The van der Waals surface area contributed by atoms with E-state index in [9.17, 15) is 0 Å². The van der Waals surface area contributed by atoms with Crippen LogP contribution in [0.2, 0.25) is 0 Å². The minimum absolute atomic E-state index is 0.383. The van der Waals surface area contributed by atoms with Gasteiger partial charge in [-0.25, -0.2) is 5.90 Å². The van der Waals surface area contributed by atoms with Crippen LogP contribution in [0.15, 0.2) is 48.8 Å². The van der Waals surface area contributed by atoms with Gasteiger partial charge in [0.15, 0.2) is 0 Å². The smallest absolute Gasteiger partial charge is 0.129 e. The predicted molar refractivity (Wildman–Crippen MR) is 62.5 cm³/mol. The summed E-state index contributed by atoms with van der Waals surface area (Å²) in [6, 6.07) is 12.9. The van der Waals surface area contributed by atoms with Gasteiger partial charge in [0.1, 0.15) is 6.10 Å². The zero-order valence-electron chi connectivity index (χ0n) is 9.08. The first-order chi connectivity index (χ1) is 8.35. The van der Waals surface area contributed by atoms with Crippen molar-refractivity contribution < 1.29 is 4.84 Å². The molecule has 1 heterocycles. The van der Waals surface area contributed by atoms with Crippen molar-refractivity contribution in [2.45, 2.75) is 6.10 Å². The van der Waals surface area contributed by atoms with E-state index in [0.29, 0.717) is 5.56 Å². The lowest BCUT2D eigenvalue weighted by Gasteiger charge is -2.15. The molecule has 0 aliphatic carbocycles. The zero-order valence-corrected chi connectivity index (χ0v) is 9.08. The van der Waals surface area contributed by atoms with E-state index in [4.69, 9.17) is 16.0 Å². The SMILES string of the molecule is N#Cc1cccc(C(ON)c2ccncc2)c1. The van der Waals surface area contributed by atoms with Gasteiger partial charge in [-0.3, -0.25) is 9.82 Å². The monoisotopic (exact) mass is 225 g/mol. The van der Waals surface area contributed by atoms with Crippen LogP contribution in [-0.4, -0.2) is 4.98 Å². The van der Waals surface area contributed by atoms with Crippen molar-refractivity contribution >= 4 is 0 Å². The fraction of sp³-hybridized carbons (Fsp3) is 0.0769. The fourth-order valence-electron chi connectivity index (χ4n) is 1.66. The quantitative estimate of drug-likeness (QED) is 0.810. The molecular weight excluding hydrogens is 214 g/mol. The Morgan fingerprint density at radius 3 is 2.59 bits per heavy atom. The van der Waals surface area contributed by atoms with Crippen molar-refractivity contribution in [2.24, 2.45) is 5.90 Å². The average molecular weight is 225 g/mol. The Kier molecular flexibility index (Phi) is 3.46. The number of nitriles is 1. The second-order valence-electron chi connectivity index (χ2n) is 3.53. The Morgan fingerprint density at radius 1 is 1.18 bits per heavy atom. The first-order valence-corrected chi connectivity index (χ1v) is 5.10. The standard InChI is InChI=1S/C13H11N3O/c14-9-10-2-1-3-12(8-10)13(17-15)11-4-6-16-7-5-11/h1-8,13H,15H2. The van der Waals surface area contributed by atoms with Gasteiger partial charge in [0.05, 0.1) is 11.6 Å². The molecule has 2 N–H and O–H groups in total. The largest absolute Gasteiger partial charge is 0.292 e. The summed E-state index contributed by atoms with van der Waals surface area (Å²) < 4.78 is 0. The molecule has 2 rings (SSSR count). The molecule has 1 aromatic carbocycles. The van der Waals surface area contributed by atoms with Gasteiger partial charge in [0.25, 0.3) is 0 Å². The molecule has 0 amide bonds. The van der Waals surface area contributed by atoms with Crippen molar-refractivity contribution in [3.63, 3.8) is 0 Å². The molecule has 0 aliphatic rings. The first-order valence-electron chi connectivity index (χ1n) is 5.10. The van der Waals surface area contributed by atoms with Crippen LogP contribution < -0.4 is 5.90 Å². The van der Waals surface area contributed by atoms with E-state index in [2.05, 4.69) is 11.1 Å². The molecule has 0 radical (unpaired) electrons. The Balaban J connectivity index is 2.39. The van der Waals surface area contributed by atoms with Crippen LogP contribution in [-0.2, 0) is 4.84 Å². The molecule has 84 valence electrons. The maximum atomic E-state index is 8.86. The highest BCUT2D eigenvalue weighted by atomic mass is 16.6. The van der Waals surface area contributed by atoms with Crippen LogP contribution in [0.5, 0.6) is 0 Å². The van der Waals surface area contributed by atoms with Crippen molar-refractivity contribution in [1.29, 1.82) is 5.26 Å². The second kappa shape index (κ2) is 5.21. The lowest BCUT2D eigenvalue weighted by Crippen LogP contribution is -2.11. The maximum absolute atomic E-state index is 8.86. The normalized spacial score (nSPS) is 11.8. The third kappa shape index (κ3) is 2.48. The lowest BCUT2D eigenvalue weighted by molar-refractivity contribution is 0.0813. The van der Waals surface area contributed by atoms with Gasteiger partial charge in [-0.1, -0.05) is 12.1 Å². The summed E-state index contributed by atoms with van der Waals surface area (Å²) >= 11 is 0. The van der Waals surface area contributed by atoms with E-state index in [1.54, 1.807) is 30.6 Å². The number of nitrogens with two attached hydrogens (primary N) is 1. The van der Waals surface area contributed by atoms with E-state index < -0.39 is 0 Å². The van der Waals surface area contributed by atoms with Gasteiger partial charge in [-0.2, -0.15) is 5.26 Å². The fourth-order valence-corrected chi connectivity index (χ4v) is 1.66. The molecule has 4 heteroatoms. The van der Waals surface area contributed by atoms with Crippen molar-refractivity contribution in [2.75, 3.05) is 0 Å². The third-order valence-electron chi connectivity index (χ3n) is 2.46. The number of rotatable bonds is 3. The maximum Gasteiger partial charge on any atom is 0.129 e. The molecule has 0 spiro atoms. The number of hydrogen-bond donors (Lipinski definition) is 1. The zero-order chi connectivity index (χ0) is 12.1. The van der Waals surface area contributed by atoms with E-state index in [-0.39, 0.29) is 6.10 Å². The van der Waals surface area contributed by atoms with Crippen LogP contribution in [0, 0.1) is 11.3 Å². The highest BCUT2D eigenvalue weighted by Crippen LogP contribution is 2.24. The molecule has 0 saturated carbocycles. The number of aromatic nitrogens is 1. The van der Waals surface area contributed by atoms with Gasteiger partial charge in [-0.15, -0.1) is 0 Å². The first kappa shape index (κ1) is 11.3. The molecule has 0 aliphatic heterocycles. The third-order valence-corrected chi connectivity index (χ3v) is 2.46. The molecule has 2 aromatic rings. The molecule has 1 atom stereocenters. The predicted octanol–water partition coefficient (Wildman–Crippen LogP) is 1.93. The summed E-state index contributed by atoms with van der Waals surface area (Å²) in [6.07, 6.45) is 2.97. The van der Waals surface area contributed by atoms with Crippen molar-refractivity contribution in [3.8, 4) is 6.07 Å². The molecule has 4 nitrogen and oxygen atoms in total. The summed E-state index contributed by atoms with van der Waals surface area (Å²) in [5.41, 5.74) is 2.33. The number of pyridine rings is 1. The highest BCUT2D eigenvalue weighted by molar-refractivity contribution is 5.37. The molecule has 0 bridgehead atoms. The van der Waals surface area contributed by atoms with Crippen LogP contribution >= 0.6 is 0 Å². The molecule has 1 unspecified atom stereocenters. The van der Waals surface area contributed by atoms with Crippen LogP contribution in [0.4, 0.5) is 0 Å². The minimum Gasteiger partial charge on any atom is -0.292 e. The van der Waals surface area contributed by atoms with Crippen LogP contribution in [0.25, 0.3) is 0 Å². The van der Waals surface area contributed by atoms with Gasteiger partial charge in [0.2, 0.25) is 0 Å². The van der Waals surface area contributed by atoms with Crippen LogP contribution in [0.1, 0.15) is 22.8 Å². The number of benzene rings is 1. The lowest BCUT2D eigenvalue weighted by atomic mass is 10.0. The minimum atomic E-state index is -0.383. The van der Waals surface area contributed by atoms with E-state index in [1.807, 2.05) is 18.2 Å². The van der Waals surface area contributed by atoms with E-state index in [0.717, 1.165) is 11.1 Å². The Labute approximate surface area is 99.2 Å². The summed E-state index contributed by atoms with van der Waals surface area (Å²) in [7, 11) is 0. The summed E-state index contributed by atoms with van der Waals surface area (Å²) in [5, 5.41) is 8.86. The Hall–Kier alpha value is -2.22. The summed E-state index contributed by atoms with van der Waals surface area (Å²) in [4.78, 5) is 8.93. The van der Waals surface area contributed by atoms with Gasteiger partial charge in [-0.05, 0) is 35.4 Å². The number of hydrogen-bond acceptors (Lipinski definition) is 4.